The van der Waals surface area contributed by atoms with E-state index in [0.717, 1.165) is 44.5 Å². The van der Waals surface area contributed by atoms with Gasteiger partial charge in [0.15, 0.2) is 0 Å². The van der Waals surface area contributed by atoms with Gasteiger partial charge in [-0.3, -0.25) is 0 Å². The maximum Gasteiger partial charge on any atom is 0.240 e. The van der Waals surface area contributed by atoms with Crippen LogP contribution in [0.2, 0.25) is 0 Å². The molecule has 6 heteroatoms. The summed E-state index contributed by atoms with van der Waals surface area (Å²) in [4.78, 5) is 4.73. The Morgan fingerprint density at radius 3 is 3.04 bits per heavy atom. The molecule has 1 aromatic heterocycles. The van der Waals surface area contributed by atoms with Crippen molar-refractivity contribution in [1.82, 2.24) is 14.3 Å². The molecule has 1 aliphatic heterocycles. The van der Waals surface area contributed by atoms with Gasteiger partial charge in [-0.25, -0.2) is 18.1 Å². The molecule has 0 fully saturated rings. The fraction of sp³-hybridized carbons (Fsp3) is 0.471. The molecule has 0 unspecified atom stereocenters. The van der Waals surface area contributed by atoms with E-state index in [0.29, 0.717) is 17.4 Å². The van der Waals surface area contributed by atoms with E-state index in [4.69, 9.17) is 0 Å². The van der Waals surface area contributed by atoms with Gasteiger partial charge < -0.3 is 4.57 Å². The third-order valence-corrected chi connectivity index (χ3v) is 6.41. The summed E-state index contributed by atoms with van der Waals surface area (Å²) < 4.78 is 30.0. The van der Waals surface area contributed by atoms with Crippen LogP contribution < -0.4 is 4.72 Å². The molecule has 0 saturated heterocycles. The summed E-state index contributed by atoms with van der Waals surface area (Å²) in [5.74, 6) is 1.37. The second-order valence-corrected chi connectivity index (χ2v) is 8.30. The number of nitrogens with one attached hydrogen (secondary N) is 1. The van der Waals surface area contributed by atoms with Crippen LogP contribution >= 0.6 is 0 Å². The first-order valence-electron chi connectivity index (χ1n) is 8.23. The van der Waals surface area contributed by atoms with Crippen LogP contribution in [0.5, 0.6) is 0 Å². The summed E-state index contributed by atoms with van der Waals surface area (Å²) in [5, 5.41) is 0. The zero-order valence-electron chi connectivity index (χ0n) is 13.0. The lowest BCUT2D eigenvalue weighted by Crippen LogP contribution is -2.33. The Balaban J connectivity index is 1.44. The monoisotopic (exact) mass is 331 g/mol. The normalized spacial score (nSPS) is 20.3. The Morgan fingerprint density at radius 2 is 2.13 bits per heavy atom. The molecule has 1 aliphatic carbocycles. The Labute approximate surface area is 136 Å². The lowest BCUT2D eigenvalue weighted by atomic mass is 9.98. The summed E-state index contributed by atoms with van der Waals surface area (Å²) in [6.07, 6.45) is 8.80. The molecule has 4 rings (SSSR count). The fourth-order valence-electron chi connectivity index (χ4n) is 3.62. The molecule has 2 aromatic rings. The van der Waals surface area contributed by atoms with Gasteiger partial charge in [-0.2, -0.15) is 0 Å². The largest absolute Gasteiger partial charge is 0.335 e. The Morgan fingerprint density at radius 1 is 1.26 bits per heavy atom. The van der Waals surface area contributed by atoms with Gasteiger partial charge in [-0.05, 0) is 54.9 Å². The van der Waals surface area contributed by atoms with Gasteiger partial charge >= 0.3 is 0 Å². The van der Waals surface area contributed by atoms with Crippen molar-refractivity contribution in [3.05, 3.63) is 47.5 Å². The Bertz CT molecular complexity index is 826. The molecule has 0 saturated carbocycles. The lowest BCUT2D eigenvalue weighted by Gasteiger charge is -2.23. The fourth-order valence-corrected chi connectivity index (χ4v) is 4.78. The average molecular weight is 331 g/mol. The molecule has 1 atom stereocenters. The molecule has 5 nitrogen and oxygen atoms in total. The first kappa shape index (κ1) is 14.9. The van der Waals surface area contributed by atoms with E-state index in [2.05, 4.69) is 14.3 Å². The van der Waals surface area contributed by atoms with E-state index in [1.807, 2.05) is 24.5 Å². The van der Waals surface area contributed by atoms with Crippen molar-refractivity contribution in [3.63, 3.8) is 0 Å². The molecule has 0 bridgehead atoms. The smallest absolute Gasteiger partial charge is 0.240 e. The van der Waals surface area contributed by atoms with Crippen LogP contribution in [0.4, 0.5) is 0 Å². The van der Waals surface area contributed by atoms with Gasteiger partial charge in [0, 0.05) is 31.9 Å². The van der Waals surface area contributed by atoms with Crippen molar-refractivity contribution >= 4 is 10.0 Å². The summed E-state index contributed by atoms with van der Waals surface area (Å²) in [6.45, 7) is 1.40. The number of benzene rings is 1. The van der Waals surface area contributed by atoms with Crippen molar-refractivity contribution in [2.75, 3.05) is 6.54 Å². The number of sulfonamides is 1. The molecule has 0 radical (unpaired) electrons. The van der Waals surface area contributed by atoms with E-state index in [1.54, 1.807) is 6.07 Å². The highest BCUT2D eigenvalue weighted by Gasteiger charge is 2.23. The van der Waals surface area contributed by atoms with E-state index < -0.39 is 10.0 Å². The maximum atomic E-state index is 12.5. The number of hydrogen-bond donors (Lipinski definition) is 1. The maximum absolute atomic E-state index is 12.5. The predicted octanol–water partition coefficient (Wildman–Crippen LogP) is 1.91. The van der Waals surface area contributed by atoms with Gasteiger partial charge in [0.05, 0.1) is 4.90 Å². The SMILES string of the molecule is O=S(=O)(NC[C@H]1CCn2ccnc2C1)c1ccc2c(c1)CCC2. The van der Waals surface area contributed by atoms with Gasteiger partial charge in [0.25, 0.3) is 0 Å². The zero-order valence-corrected chi connectivity index (χ0v) is 13.8. The van der Waals surface area contributed by atoms with Crippen LogP contribution in [-0.4, -0.2) is 24.5 Å². The van der Waals surface area contributed by atoms with Crippen molar-refractivity contribution < 1.29 is 8.42 Å². The van der Waals surface area contributed by atoms with Crippen LogP contribution in [0.1, 0.15) is 29.8 Å². The summed E-state index contributed by atoms with van der Waals surface area (Å²) in [6, 6.07) is 5.55. The minimum absolute atomic E-state index is 0.314. The quantitative estimate of drug-likeness (QED) is 0.931. The van der Waals surface area contributed by atoms with Crippen LogP contribution in [0.3, 0.4) is 0 Å². The number of aromatic nitrogens is 2. The molecule has 0 spiro atoms. The van der Waals surface area contributed by atoms with Crippen LogP contribution in [0.25, 0.3) is 0 Å². The molecule has 1 aromatic carbocycles. The first-order valence-corrected chi connectivity index (χ1v) is 9.71. The molecule has 2 heterocycles. The van der Waals surface area contributed by atoms with E-state index >= 15 is 0 Å². The second-order valence-electron chi connectivity index (χ2n) is 6.53. The summed E-state index contributed by atoms with van der Waals surface area (Å²) in [5.41, 5.74) is 2.48. The Kier molecular flexibility index (Phi) is 3.73. The number of rotatable bonds is 4. The minimum Gasteiger partial charge on any atom is -0.335 e. The van der Waals surface area contributed by atoms with E-state index in [9.17, 15) is 8.42 Å². The highest BCUT2D eigenvalue weighted by molar-refractivity contribution is 7.89. The lowest BCUT2D eigenvalue weighted by molar-refractivity contribution is 0.379. The third kappa shape index (κ3) is 2.93. The van der Waals surface area contributed by atoms with Crippen molar-refractivity contribution in [2.24, 2.45) is 5.92 Å². The summed E-state index contributed by atoms with van der Waals surface area (Å²) in [7, 11) is -3.42. The molecule has 1 N–H and O–H groups in total. The van der Waals surface area contributed by atoms with Gasteiger partial charge in [-0.15, -0.1) is 0 Å². The molecular formula is C17H21N3O2S. The van der Waals surface area contributed by atoms with Crippen LogP contribution in [0, 0.1) is 5.92 Å². The van der Waals surface area contributed by atoms with Crippen LogP contribution in [0.15, 0.2) is 35.5 Å². The van der Waals surface area contributed by atoms with E-state index in [-0.39, 0.29) is 0 Å². The first-order chi connectivity index (χ1) is 11.1. The zero-order chi connectivity index (χ0) is 15.9. The molecule has 122 valence electrons. The number of aryl methyl sites for hydroxylation is 3. The standard InChI is InChI=1S/C17H21N3O2S/c21-23(22,16-5-4-14-2-1-3-15(14)11-16)19-12-13-6-8-20-9-7-18-17(20)10-13/h4-5,7,9,11,13,19H,1-3,6,8,10,12H2/t13-/m0/s1. The topological polar surface area (TPSA) is 64.0 Å². The molecular weight excluding hydrogens is 310 g/mol. The number of imidazole rings is 1. The van der Waals surface area contributed by atoms with Gasteiger partial charge in [-0.1, -0.05) is 6.07 Å². The minimum atomic E-state index is -3.42. The van der Waals surface area contributed by atoms with Crippen molar-refractivity contribution in [3.8, 4) is 0 Å². The van der Waals surface area contributed by atoms with E-state index in [1.165, 1.54) is 11.1 Å². The number of fused-ring (bicyclic) bond motifs is 2. The second kappa shape index (κ2) is 5.76. The average Bonchev–Trinajstić information content (AvgIpc) is 3.20. The highest BCUT2D eigenvalue weighted by Crippen LogP contribution is 2.25. The number of nitrogens with zero attached hydrogens (tertiary/aromatic N) is 2. The molecule has 23 heavy (non-hydrogen) atoms. The van der Waals surface area contributed by atoms with Crippen molar-refractivity contribution in [2.45, 2.75) is 43.5 Å². The predicted molar refractivity (Wildman–Crippen MR) is 87.7 cm³/mol. The molecule has 0 amide bonds. The highest BCUT2D eigenvalue weighted by atomic mass is 32.2. The van der Waals surface area contributed by atoms with Crippen LogP contribution in [-0.2, 0) is 35.8 Å². The van der Waals surface area contributed by atoms with Crippen molar-refractivity contribution in [1.29, 1.82) is 0 Å². The number of hydrogen-bond acceptors (Lipinski definition) is 3. The molecule has 2 aliphatic rings. The van der Waals surface area contributed by atoms with Gasteiger partial charge in [0.2, 0.25) is 10.0 Å². The summed E-state index contributed by atoms with van der Waals surface area (Å²) >= 11 is 0. The third-order valence-electron chi connectivity index (χ3n) is 4.99. The van der Waals surface area contributed by atoms with Gasteiger partial charge in [0.1, 0.15) is 5.82 Å². The Hall–Kier alpha value is -1.66.